The molecule has 0 aliphatic carbocycles. The summed E-state index contributed by atoms with van der Waals surface area (Å²) in [5, 5.41) is 0. The van der Waals surface area contributed by atoms with Crippen LogP contribution in [0.5, 0.6) is 11.5 Å². The van der Waals surface area contributed by atoms with E-state index in [4.69, 9.17) is 15.2 Å². The minimum absolute atomic E-state index is 0.664. The third-order valence-corrected chi connectivity index (χ3v) is 2.95. The quantitative estimate of drug-likeness (QED) is 0.901. The summed E-state index contributed by atoms with van der Waals surface area (Å²) in [5.74, 6) is 1.54. The molecule has 18 heavy (non-hydrogen) atoms. The topological polar surface area (TPSA) is 57.4 Å². The van der Waals surface area contributed by atoms with Crippen molar-refractivity contribution in [3.63, 3.8) is 0 Å². The molecule has 4 nitrogen and oxygen atoms in total. The van der Waals surface area contributed by atoms with Gasteiger partial charge < -0.3 is 15.2 Å². The maximum Gasteiger partial charge on any atom is 0.127 e. The maximum absolute atomic E-state index is 5.89. The van der Waals surface area contributed by atoms with Crippen LogP contribution in [0, 0.1) is 6.92 Å². The molecule has 0 spiro atoms. The molecule has 0 atom stereocenters. The Kier molecular flexibility index (Phi) is 3.37. The Hall–Kier alpha value is -2.23. The number of hydrogen-bond donors (Lipinski definition) is 1. The summed E-state index contributed by atoms with van der Waals surface area (Å²) in [6.45, 7) is 1.96. The van der Waals surface area contributed by atoms with Gasteiger partial charge in [0.25, 0.3) is 0 Å². The minimum Gasteiger partial charge on any atom is -0.497 e. The van der Waals surface area contributed by atoms with Crippen LogP contribution in [0.25, 0.3) is 11.1 Å². The van der Waals surface area contributed by atoms with E-state index in [2.05, 4.69) is 4.98 Å². The number of nitrogens with zero attached hydrogens (tertiary/aromatic N) is 1. The molecule has 2 rings (SSSR count). The zero-order valence-corrected chi connectivity index (χ0v) is 10.7. The average Bonchev–Trinajstić information content (AvgIpc) is 2.41. The van der Waals surface area contributed by atoms with Crippen LogP contribution in [-0.2, 0) is 0 Å². The van der Waals surface area contributed by atoms with E-state index in [-0.39, 0.29) is 0 Å². The van der Waals surface area contributed by atoms with Crippen LogP contribution < -0.4 is 15.2 Å². The first-order valence-electron chi connectivity index (χ1n) is 5.60. The highest BCUT2D eigenvalue weighted by Gasteiger charge is 2.11. The SMILES string of the molecule is COc1ccc(OC)c(-c2cncc(N)c2C)c1. The van der Waals surface area contributed by atoms with Gasteiger partial charge in [0, 0.05) is 17.3 Å². The Labute approximate surface area is 106 Å². The number of anilines is 1. The van der Waals surface area contributed by atoms with Gasteiger partial charge in [-0.25, -0.2) is 0 Å². The van der Waals surface area contributed by atoms with E-state index in [0.717, 1.165) is 28.2 Å². The van der Waals surface area contributed by atoms with Crippen LogP contribution in [-0.4, -0.2) is 19.2 Å². The lowest BCUT2D eigenvalue weighted by molar-refractivity contribution is 0.404. The van der Waals surface area contributed by atoms with Crippen LogP contribution in [0.3, 0.4) is 0 Å². The van der Waals surface area contributed by atoms with Gasteiger partial charge in [0.2, 0.25) is 0 Å². The highest BCUT2D eigenvalue weighted by Crippen LogP contribution is 2.35. The summed E-state index contributed by atoms with van der Waals surface area (Å²) in [6, 6.07) is 5.65. The monoisotopic (exact) mass is 244 g/mol. The molecule has 0 amide bonds. The Morgan fingerprint density at radius 2 is 1.83 bits per heavy atom. The van der Waals surface area contributed by atoms with Gasteiger partial charge in [0.1, 0.15) is 11.5 Å². The molecule has 0 bridgehead atoms. The van der Waals surface area contributed by atoms with Gasteiger partial charge in [-0.15, -0.1) is 0 Å². The molecule has 0 unspecified atom stereocenters. The number of ether oxygens (including phenoxy) is 2. The van der Waals surface area contributed by atoms with Gasteiger partial charge in [0.05, 0.1) is 26.1 Å². The zero-order chi connectivity index (χ0) is 13.1. The molecule has 4 heteroatoms. The predicted octanol–water partition coefficient (Wildman–Crippen LogP) is 2.66. The van der Waals surface area contributed by atoms with E-state index >= 15 is 0 Å². The van der Waals surface area contributed by atoms with E-state index in [1.165, 1.54) is 0 Å². The number of pyridine rings is 1. The number of hydrogen-bond acceptors (Lipinski definition) is 4. The normalized spacial score (nSPS) is 10.2. The number of aromatic nitrogens is 1. The van der Waals surface area contributed by atoms with Crippen LogP contribution >= 0.6 is 0 Å². The third kappa shape index (κ3) is 2.09. The first-order chi connectivity index (χ1) is 8.67. The zero-order valence-electron chi connectivity index (χ0n) is 10.7. The average molecular weight is 244 g/mol. The molecule has 1 aromatic carbocycles. The molecule has 0 saturated heterocycles. The lowest BCUT2D eigenvalue weighted by Gasteiger charge is -2.13. The number of nitrogens with two attached hydrogens (primary N) is 1. The fourth-order valence-corrected chi connectivity index (χ4v) is 1.84. The molecule has 0 saturated carbocycles. The fraction of sp³-hybridized carbons (Fsp3) is 0.214. The predicted molar refractivity (Wildman–Crippen MR) is 71.9 cm³/mol. The number of methoxy groups -OCH3 is 2. The molecule has 0 fully saturated rings. The largest absolute Gasteiger partial charge is 0.497 e. The van der Waals surface area contributed by atoms with Crippen molar-refractivity contribution in [2.75, 3.05) is 20.0 Å². The molecular weight excluding hydrogens is 228 g/mol. The van der Waals surface area contributed by atoms with Gasteiger partial charge in [-0.1, -0.05) is 0 Å². The standard InChI is InChI=1S/C14H16N2O2/c1-9-12(7-16-8-13(9)15)11-6-10(17-2)4-5-14(11)18-3/h4-8H,15H2,1-3H3. The lowest BCUT2D eigenvalue weighted by atomic mass is 10.0. The second kappa shape index (κ2) is 4.96. The van der Waals surface area contributed by atoms with Crippen LogP contribution in [0.4, 0.5) is 5.69 Å². The van der Waals surface area contributed by atoms with E-state index in [9.17, 15) is 0 Å². The molecule has 1 heterocycles. The highest BCUT2D eigenvalue weighted by molar-refractivity contribution is 5.77. The Bertz CT molecular complexity index is 568. The van der Waals surface area contributed by atoms with Crippen LogP contribution in [0.15, 0.2) is 30.6 Å². The summed E-state index contributed by atoms with van der Waals surface area (Å²) < 4.78 is 10.6. The van der Waals surface area contributed by atoms with Crippen LogP contribution in [0.1, 0.15) is 5.56 Å². The van der Waals surface area contributed by atoms with Gasteiger partial charge in [-0.3, -0.25) is 4.98 Å². The maximum atomic E-state index is 5.89. The van der Waals surface area contributed by atoms with Gasteiger partial charge >= 0.3 is 0 Å². The van der Waals surface area contributed by atoms with Crippen molar-refractivity contribution in [1.82, 2.24) is 4.98 Å². The highest BCUT2D eigenvalue weighted by atomic mass is 16.5. The van der Waals surface area contributed by atoms with E-state index in [1.807, 2.05) is 25.1 Å². The number of benzene rings is 1. The van der Waals surface area contributed by atoms with Crippen molar-refractivity contribution < 1.29 is 9.47 Å². The molecule has 0 aliphatic heterocycles. The number of rotatable bonds is 3. The Morgan fingerprint density at radius 3 is 2.50 bits per heavy atom. The molecule has 2 N–H and O–H groups in total. The number of nitrogen functional groups attached to an aromatic ring is 1. The first kappa shape index (κ1) is 12.2. The molecular formula is C14H16N2O2. The summed E-state index contributed by atoms with van der Waals surface area (Å²) in [7, 11) is 3.27. The van der Waals surface area contributed by atoms with Crippen molar-refractivity contribution in [2.24, 2.45) is 0 Å². The second-order valence-electron chi connectivity index (χ2n) is 3.97. The van der Waals surface area contributed by atoms with Gasteiger partial charge in [0.15, 0.2) is 0 Å². The molecule has 1 aromatic heterocycles. The molecule has 94 valence electrons. The molecule has 0 radical (unpaired) electrons. The van der Waals surface area contributed by atoms with Gasteiger partial charge in [-0.05, 0) is 30.7 Å². The van der Waals surface area contributed by atoms with Crippen molar-refractivity contribution in [1.29, 1.82) is 0 Å². The summed E-state index contributed by atoms with van der Waals surface area (Å²) >= 11 is 0. The first-order valence-corrected chi connectivity index (χ1v) is 5.60. The van der Waals surface area contributed by atoms with E-state index < -0.39 is 0 Å². The fourth-order valence-electron chi connectivity index (χ4n) is 1.84. The Morgan fingerprint density at radius 1 is 1.06 bits per heavy atom. The third-order valence-electron chi connectivity index (χ3n) is 2.95. The second-order valence-corrected chi connectivity index (χ2v) is 3.97. The van der Waals surface area contributed by atoms with Gasteiger partial charge in [-0.2, -0.15) is 0 Å². The van der Waals surface area contributed by atoms with Crippen molar-refractivity contribution in [2.45, 2.75) is 6.92 Å². The summed E-state index contributed by atoms with van der Waals surface area (Å²) in [5.41, 5.74) is 9.41. The van der Waals surface area contributed by atoms with E-state index in [1.54, 1.807) is 26.6 Å². The smallest absolute Gasteiger partial charge is 0.127 e. The van der Waals surface area contributed by atoms with Crippen LogP contribution in [0.2, 0.25) is 0 Å². The summed E-state index contributed by atoms with van der Waals surface area (Å²) in [6.07, 6.45) is 3.43. The van der Waals surface area contributed by atoms with E-state index in [0.29, 0.717) is 5.69 Å². The molecule has 0 aliphatic rings. The lowest BCUT2D eigenvalue weighted by Crippen LogP contribution is -1.96. The van der Waals surface area contributed by atoms with Crippen molar-refractivity contribution in [3.8, 4) is 22.6 Å². The van der Waals surface area contributed by atoms with Crippen molar-refractivity contribution in [3.05, 3.63) is 36.2 Å². The molecule has 2 aromatic rings. The minimum atomic E-state index is 0.664. The Balaban J connectivity index is 2.64. The summed E-state index contributed by atoms with van der Waals surface area (Å²) in [4.78, 5) is 4.13. The van der Waals surface area contributed by atoms with Crippen molar-refractivity contribution >= 4 is 5.69 Å².